The molecule has 2 amide bonds. The lowest BCUT2D eigenvalue weighted by Gasteiger charge is -2.30. The average Bonchev–Trinajstić information content (AvgIpc) is 3.18. The summed E-state index contributed by atoms with van der Waals surface area (Å²) >= 11 is 5.95. The lowest BCUT2D eigenvalue weighted by Crippen LogP contribution is -2.48. The summed E-state index contributed by atoms with van der Waals surface area (Å²) in [7, 11) is 0. The molecule has 1 aliphatic rings. The quantitative estimate of drug-likeness (QED) is 0.746. The maximum atomic E-state index is 12.8. The zero-order valence-electron chi connectivity index (χ0n) is 16.8. The van der Waals surface area contributed by atoms with Crippen molar-refractivity contribution in [3.63, 3.8) is 0 Å². The molecule has 2 aromatic carbocycles. The van der Waals surface area contributed by atoms with Gasteiger partial charge in [0.2, 0.25) is 18.6 Å². The SMILES string of the molecule is CC(C)C(=O)N(Cc1ccc(Cl)cc1)C(C)C(=O)NCc1ccc2c(c1)OCO2. The molecule has 7 heteroatoms. The summed E-state index contributed by atoms with van der Waals surface area (Å²) in [5.41, 5.74) is 1.81. The number of nitrogens with zero attached hydrogens (tertiary/aromatic N) is 1. The Bertz CT molecular complexity index is 883. The molecule has 0 bridgehead atoms. The Morgan fingerprint density at radius 1 is 1.03 bits per heavy atom. The Kier molecular flexibility index (Phi) is 6.64. The van der Waals surface area contributed by atoms with E-state index < -0.39 is 6.04 Å². The number of benzene rings is 2. The van der Waals surface area contributed by atoms with Crippen LogP contribution in [0.3, 0.4) is 0 Å². The highest BCUT2D eigenvalue weighted by Gasteiger charge is 2.27. The molecule has 0 fully saturated rings. The van der Waals surface area contributed by atoms with E-state index in [0.29, 0.717) is 29.6 Å². The van der Waals surface area contributed by atoms with Crippen LogP contribution in [0.1, 0.15) is 31.9 Å². The summed E-state index contributed by atoms with van der Waals surface area (Å²) in [6.07, 6.45) is 0. The Hall–Kier alpha value is -2.73. The summed E-state index contributed by atoms with van der Waals surface area (Å²) in [6.45, 7) is 6.28. The Morgan fingerprint density at radius 3 is 2.38 bits per heavy atom. The van der Waals surface area contributed by atoms with Crippen LogP contribution in [0, 0.1) is 5.92 Å². The molecule has 6 nitrogen and oxygen atoms in total. The normalized spacial score (nSPS) is 13.3. The van der Waals surface area contributed by atoms with Crippen molar-refractivity contribution >= 4 is 23.4 Å². The van der Waals surface area contributed by atoms with E-state index in [1.54, 1.807) is 24.0 Å². The molecule has 0 aromatic heterocycles. The van der Waals surface area contributed by atoms with Crippen LogP contribution in [0.25, 0.3) is 0 Å². The molecule has 2 aromatic rings. The van der Waals surface area contributed by atoms with Crippen LogP contribution < -0.4 is 14.8 Å². The van der Waals surface area contributed by atoms with Crippen LogP contribution in [0.4, 0.5) is 0 Å². The van der Waals surface area contributed by atoms with Crippen LogP contribution >= 0.6 is 11.6 Å². The number of rotatable bonds is 7. The highest BCUT2D eigenvalue weighted by Crippen LogP contribution is 2.32. The van der Waals surface area contributed by atoms with Gasteiger partial charge in [0.1, 0.15) is 6.04 Å². The maximum Gasteiger partial charge on any atom is 0.242 e. The van der Waals surface area contributed by atoms with E-state index in [4.69, 9.17) is 21.1 Å². The summed E-state index contributed by atoms with van der Waals surface area (Å²) in [6, 6.07) is 12.2. The third kappa shape index (κ3) is 5.21. The fraction of sp³-hybridized carbons (Fsp3) is 0.364. The fourth-order valence-corrected chi connectivity index (χ4v) is 3.18. The minimum absolute atomic E-state index is 0.0781. The lowest BCUT2D eigenvalue weighted by atomic mass is 10.1. The van der Waals surface area contributed by atoms with E-state index in [1.807, 2.05) is 44.2 Å². The predicted molar refractivity (Wildman–Crippen MR) is 111 cm³/mol. The van der Waals surface area contributed by atoms with Gasteiger partial charge in [0, 0.05) is 24.0 Å². The first-order valence-corrected chi connectivity index (χ1v) is 9.94. The fourth-order valence-electron chi connectivity index (χ4n) is 3.05. The summed E-state index contributed by atoms with van der Waals surface area (Å²) < 4.78 is 10.7. The summed E-state index contributed by atoms with van der Waals surface area (Å²) in [5, 5.41) is 3.54. The molecule has 1 N–H and O–H groups in total. The molecule has 29 heavy (non-hydrogen) atoms. The number of hydrogen-bond donors (Lipinski definition) is 1. The Morgan fingerprint density at radius 2 is 1.69 bits per heavy atom. The van der Waals surface area contributed by atoms with Gasteiger partial charge in [-0.05, 0) is 42.3 Å². The van der Waals surface area contributed by atoms with Gasteiger partial charge in [-0.15, -0.1) is 0 Å². The molecule has 0 aliphatic carbocycles. The maximum absolute atomic E-state index is 12.8. The second-order valence-corrected chi connectivity index (χ2v) is 7.77. The minimum atomic E-state index is -0.616. The van der Waals surface area contributed by atoms with E-state index in [0.717, 1.165) is 11.1 Å². The zero-order chi connectivity index (χ0) is 21.0. The van der Waals surface area contributed by atoms with Gasteiger partial charge in [0.25, 0.3) is 0 Å². The van der Waals surface area contributed by atoms with Crippen LogP contribution in [0.5, 0.6) is 11.5 Å². The highest BCUT2D eigenvalue weighted by molar-refractivity contribution is 6.30. The Balaban J connectivity index is 1.67. The topological polar surface area (TPSA) is 67.9 Å². The van der Waals surface area contributed by atoms with Gasteiger partial charge in [0.15, 0.2) is 11.5 Å². The molecule has 0 saturated carbocycles. The standard InChI is InChI=1S/C22H25ClN2O4/c1-14(2)22(27)25(12-16-4-7-18(23)8-5-16)15(3)21(26)24-11-17-6-9-19-20(10-17)29-13-28-19/h4-10,14-15H,11-13H2,1-3H3,(H,24,26). The predicted octanol–water partition coefficient (Wildman–Crippen LogP) is 3.76. The lowest BCUT2D eigenvalue weighted by molar-refractivity contribution is -0.143. The smallest absolute Gasteiger partial charge is 0.242 e. The number of halogens is 1. The average molecular weight is 417 g/mol. The van der Waals surface area contributed by atoms with Crippen molar-refractivity contribution in [1.82, 2.24) is 10.2 Å². The molecule has 1 heterocycles. The molecule has 1 atom stereocenters. The summed E-state index contributed by atoms with van der Waals surface area (Å²) in [5.74, 6) is 0.858. The molecule has 0 spiro atoms. The van der Waals surface area contributed by atoms with E-state index >= 15 is 0 Å². The first-order valence-electron chi connectivity index (χ1n) is 9.56. The van der Waals surface area contributed by atoms with Crippen LogP contribution in [0.15, 0.2) is 42.5 Å². The number of fused-ring (bicyclic) bond motifs is 1. The van der Waals surface area contributed by atoms with E-state index in [-0.39, 0.29) is 24.5 Å². The van der Waals surface area contributed by atoms with Gasteiger partial charge >= 0.3 is 0 Å². The molecule has 0 radical (unpaired) electrons. The van der Waals surface area contributed by atoms with E-state index in [1.165, 1.54) is 0 Å². The van der Waals surface area contributed by atoms with Gasteiger partial charge in [-0.1, -0.05) is 43.6 Å². The van der Waals surface area contributed by atoms with Crippen molar-refractivity contribution in [3.8, 4) is 11.5 Å². The van der Waals surface area contributed by atoms with Crippen LogP contribution in [-0.4, -0.2) is 29.5 Å². The number of amides is 2. The van der Waals surface area contributed by atoms with Crippen molar-refractivity contribution in [3.05, 3.63) is 58.6 Å². The molecule has 1 unspecified atom stereocenters. The first-order chi connectivity index (χ1) is 13.8. The third-order valence-electron chi connectivity index (χ3n) is 4.79. The minimum Gasteiger partial charge on any atom is -0.454 e. The van der Waals surface area contributed by atoms with Crippen molar-refractivity contribution in [2.24, 2.45) is 5.92 Å². The van der Waals surface area contributed by atoms with Gasteiger partial charge in [-0.25, -0.2) is 0 Å². The molecule has 154 valence electrons. The number of carbonyl (C=O) groups is 2. The van der Waals surface area contributed by atoms with Crippen molar-refractivity contribution in [1.29, 1.82) is 0 Å². The molecule has 0 saturated heterocycles. The van der Waals surface area contributed by atoms with Crippen LogP contribution in [-0.2, 0) is 22.7 Å². The zero-order valence-corrected chi connectivity index (χ0v) is 17.5. The monoisotopic (exact) mass is 416 g/mol. The molecular weight excluding hydrogens is 392 g/mol. The number of hydrogen-bond acceptors (Lipinski definition) is 4. The number of ether oxygens (including phenoxy) is 2. The second kappa shape index (κ2) is 9.18. The molecule has 3 rings (SSSR count). The van der Waals surface area contributed by atoms with Gasteiger partial charge < -0.3 is 19.7 Å². The van der Waals surface area contributed by atoms with Gasteiger partial charge in [0.05, 0.1) is 0 Å². The highest BCUT2D eigenvalue weighted by atomic mass is 35.5. The Labute approximate surface area is 175 Å². The summed E-state index contributed by atoms with van der Waals surface area (Å²) in [4.78, 5) is 27.1. The first kappa shape index (κ1) is 21.0. The van der Waals surface area contributed by atoms with Gasteiger partial charge in [-0.2, -0.15) is 0 Å². The van der Waals surface area contributed by atoms with Crippen molar-refractivity contribution < 1.29 is 19.1 Å². The number of nitrogens with one attached hydrogen (secondary N) is 1. The third-order valence-corrected chi connectivity index (χ3v) is 5.05. The van der Waals surface area contributed by atoms with Crippen molar-refractivity contribution in [2.45, 2.75) is 39.9 Å². The van der Waals surface area contributed by atoms with Crippen molar-refractivity contribution in [2.75, 3.05) is 6.79 Å². The van der Waals surface area contributed by atoms with Gasteiger partial charge in [-0.3, -0.25) is 9.59 Å². The molecular formula is C22H25ClN2O4. The van der Waals surface area contributed by atoms with Crippen LogP contribution in [0.2, 0.25) is 5.02 Å². The largest absolute Gasteiger partial charge is 0.454 e. The van der Waals surface area contributed by atoms with E-state index in [9.17, 15) is 9.59 Å². The molecule has 1 aliphatic heterocycles. The van der Waals surface area contributed by atoms with E-state index in [2.05, 4.69) is 5.32 Å². The second-order valence-electron chi connectivity index (χ2n) is 7.33. The number of carbonyl (C=O) groups excluding carboxylic acids is 2.